The van der Waals surface area contributed by atoms with Gasteiger partial charge in [0.1, 0.15) is 5.60 Å². The molecule has 0 spiro atoms. The van der Waals surface area contributed by atoms with Crippen molar-refractivity contribution < 1.29 is 14.3 Å². The Labute approximate surface area is 197 Å². The molecule has 2 aromatic heterocycles. The average Bonchev–Trinajstić information content (AvgIpc) is 3.20. The fourth-order valence-electron chi connectivity index (χ4n) is 5.20. The lowest BCUT2D eigenvalue weighted by atomic mass is 9.84. The molecule has 33 heavy (non-hydrogen) atoms. The number of amides is 1. The van der Waals surface area contributed by atoms with Crippen LogP contribution in [0.2, 0.25) is 0 Å². The van der Waals surface area contributed by atoms with Crippen molar-refractivity contribution in [2.75, 3.05) is 13.2 Å². The number of hydrogen-bond donors (Lipinski definition) is 1. The van der Waals surface area contributed by atoms with Crippen LogP contribution in [0.3, 0.4) is 0 Å². The van der Waals surface area contributed by atoms with Gasteiger partial charge in [0.25, 0.3) is 0 Å². The summed E-state index contributed by atoms with van der Waals surface area (Å²) in [4.78, 5) is 21.8. The first-order valence-electron chi connectivity index (χ1n) is 12.3. The lowest BCUT2D eigenvalue weighted by Crippen LogP contribution is -2.40. The van der Waals surface area contributed by atoms with E-state index in [9.17, 15) is 4.79 Å². The number of carbonyl (C=O) groups is 1. The van der Waals surface area contributed by atoms with Crippen molar-refractivity contribution in [2.45, 2.75) is 90.7 Å². The summed E-state index contributed by atoms with van der Waals surface area (Å²) in [5.74, 6) is 0.891. The molecule has 2 aromatic rings. The van der Waals surface area contributed by atoms with Crippen LogP contribution >= 0.6 is 0 Å². The number of ether oxygens (including phenoxy) is 2. The second kappa shape index (κ2) is 9.84. The van der Waals surface area contributed by atoms with Gasteiger partial charge in [0.2, 0.25) is 0 Å². The van der Waals surface area contributed by atoms with Crippen molar-refractivity contribution in [3.63, 3.8) is 0 Å². The first kappa shape index (κ1) is 23.7. The Morgan fingerprint density at radius 3 is 2.52 bits per heavy atom. The Morgan fingerprint density at radius 1 is 1.18 bits per heavy atom. The maximum absolute atomic E-state index is 12.1. The summed E-state index contributed by atoms with van der Waals surface area (Å²) in [6.45, 7) is 11.5. The van der Waals surface area contributed by atoms with Gasteiger partial charge in [-0.1, -0.05) is 6.08 Å². The predicted octanol–water partition coefficient (Wildman–Crippen LogP) is 5.42. The summed E-state index contributed by atoms with van der Waals surface area (Å²) in [6, 6.07) is 0.163. The zero-order valence-corrected chi connectivity index (χ0v) is 20.7. The largest absolute Gasteiger partial charge is 0.444 e. The molecule has 1 saturated heterocycles. The third-order valence-electron chi connectivity index (χ3n) is 6.82. The highest BCUT2D eigenvalue weighted by atomic mass is 16.6. The van der Waals surface area contributed by atoms with Gasteiger partial charge < -0.3 is 14.8 Å². The minimum Gasteiger partial charge on any atom is -0.444 e. The van der Waals surface area contributed by atoms with Gasteiger partial charge in [-0.25, -0.2) is 9.78 Å². The molecule has 7 nitrogen and oxygen atoms in total. The molecule has 0 aromatic carbocycles. The number of allylic oxidation sites excluding steroid dienone is 2. The SMILES string of the molecule is C/C=C(\c1c(C)ncc2nc(C3CCC(NC(=O)OC(C)(C)C)CC3)cn12)C1CCOCC1. The highest BCUT2D eigenvalue weighted by Gasteiger charge is 2.28. The van der Waals surface area contributed by atoms with Gasteiger partial charge in [-0.05, 0) is 84.6 Å². The van der Waals surface area contributed by atoms with Crippen LogP contribution < -0.4 is 5.32 Å². The van der Waals surface area contributed by atoms with E-state index in [2.05, 4.69) is 40.8 Å². The minimum absolute atomic E-state index is 0.163. The van der Waals surface area contributed by atoms with Crippen molar-refractivity contribution in [1.82, 2.24) is 19.7 Å². The lowest BCUT2D eigenvalue weighted by molar-refractivity contribution is 0.0491. The Kier molecular flexibility index (Phi) is 7.07. The molecule has 0 bridgehead atoms. The van der Waals surface area contributed by atoms with E-state index < -0.39 is 5.60 Å². The van der Waals surface area contributed by atoms with E-state index in [0.717, 1.165) is 68.8 Å². The fraction of sp³-hybridized carbons (Fsp3) is 0.654. The number of nitrogens with one attached hydrogen (secondary N) is 1. The number of alkyl carbamates (subject to hydrolysis) is 1. The third-order valence-corrected chi connectivity index (χ3v) is 6.82. The number of carbonyl (C=O) groups excluding carboxylic acids is 1. The standard InChI is InChI=1S/C26H38N4O3/c1-6-21(18-11-13-32-14-12-18)24-17(2)27-15-23-29-22(16-30(23)24)19-7-9-20(10-8-19)28-25(31)33-26(3,4)5/h6,15-16,18-20H,7-14H2,1-5H3,(H,28,31)/b21-6-. The van der Waals surface area contributed by atoms with E-state index in [-0.39, 0.29) is 12.1 Å². The van der Waals surface area contributed by atoms with Crippen LogP contribution in [0.15, 0.2) is 18.5 Å². The van der Waals surface area contributed by atoms with Gasteiger partial charge in [-0.2, -0.15) is 0 Å². The molecule has 0 atom stereocenters. The monoisotopic (exact) mass is 454 g/mol. The van der Waals surface area contributed by atoms with Crippen molar-refractivity contribution in [2.24, 2.45) is 5.92 Å². The minimum atomic E-state index is -0.474. The second-order valence-electron chi connectivity index (χ2n) is 10.4. The Hall–Kier alpha value is -2.41. The molecule has 3 heterocycles. The van der Waals surface area contributed by atoms with Gasteiger partial charge in [0, 0.05) is 31.4 Å². The molecule has 0 radical (unpaired) electrons. The number of aryl methyl sites for hydroxylation is 1. The van der Waals surface area contributed by atoms with Gasteiger partial charge in [0.15, 0.2) is 5.65 Å². The Morgan fingerprint density at radius 2 is 1.88 bits per heavy atom. The van der Waals surface area contributed by atoms with Crippen LogP contribution in [0.4, 0.5) is 4.79 Å². The quantitative estimate of drug-likeness (QED) is 0.667. The maximum atomic E-state index is 12.1. The molecule has 2 aliphatic rings. The first-order chi connectivity index (χ1) is 15.7. The van der Waals surface area contributed by atoms with E-state index in [1.165, 1.54) is 11.3 Å². The van der Waals surface area contributed by atoms with Gasteiger partial charge in [0.05, 0.1) is 23.3 Å². The van der Waals surface area contributed by atoms with Crippen LogP contribution in [0.25, 0.3) is 11.2 Å². The van der Waals surface area contributed by atoms with Crippen molar-refractivity contribution in [3.8, 4) is 0 Å². The van der Waals surface area contributed by atoms with Crippen LogP contribution in [0.1, 0.15) is 89.2 Å². The third kappa shape index (κ3) is 5.57. The van der Waals surface area contributed by atoms with E-state index in [4.69, 9.17) is 14.5 Å². The molecule has 1 saturated carbocycles. The Bertz CT molecular complexity index is 1010. The van der Waals surface area contributed by atoms with Crippen molar-refractivity contribution >= 4 is 17.3 Å². The molecule has 1 N–H and O–H groups in total. The lowest BCUT2D eigenvalue weighted by Gasteiger charge is -2.29. The number of imidazole rings is 1. The molecular weight excluding hydrogens is 416 g/mol. The number of fused-ring (bicyclic) bond motifs is 1. The fourth-order valence-corrected chi connectivity index (χ4v) is 5.20. The molecule has 0 unspecified atom stereocenters. The number of rotatable bonds is 4. The highest BCUT2D eigenvalue weighted by Crippen LogP contribution is 2.36. The van der Waals surface area contributed by atoms with Crippen molar-refractivity contribution in [1.29, 1.82) is 0 Å². The normalized spacial score (nSPS) is 23.0. The number of hydrogen-bond acceptors (Lipinski definition) is 5. The van der Waals surface area contributed by atoms with Crippen LogP contribution in [0.5, 0.6) is 0 Å². The molecule has 1 aliphatic heterocycles. The topological polar surface area (TPSA) is 77.8 Å². The van der Waals surface area contributed by atoms with Crippen LogP contribution in [0, 0.1) is 12.8 Å². The maximum Gasteiger partial charge on any atom is 0.407 e. The van der Waals surface area contributed by atoms with Gasteiger partial charge in [-0.15, -0.1) is 0 Å². The average molecular weight is 455 g/mol. The van der Waals surface area contributed by atoms with Gasteiger partial charge >= 0.3 is 6.09 Å². The van der Waals surface area contributed by atoms with E-state index >= 15 is 0 Å². The summed E-state index contributed by atoms with van der Waals surface area (Å²) < 4.78 is 13.2. The van der Waals surface area contributed by atoms with Crippen LogP contribution in [-0.4, -0.2) is 45.3 Å². The molecule has 1 amide bonds. The molecule has 180 valence electrons. The zero-order chi connectivity index (χ0) is 23.6. The molecule has 7 heteroatoms. The summed E-state index contributed by atoms with van der Waals surface area (Å²) in [5.41, 5.74) is 5.13. The number of nitrogens with zero attached hydrogens (tertiary/aromatic N) is 3. The Balaban J connectivity index is 1.49. The first-order valence-corrected chi connectivity index (χ1v) is 12.3. The van der Waals surface area contributed by atoms with Crippen LogP contribution in [-0.2, 0) is 9.47 Å². The molecule has 4 rings (SSSR count). The summed E-state index contributed by atoms with van der Waals surface area (Å²) in [5, 5.41) is 3.04. The predicted molar refractivity (Wildman–Crippen MR) is 129 cm³/mol. The highest BCUT2D eigenvalue weighted by molar-refractivity contribution is 5.69. The van der Waals surface area contributed by atoms with Gasteiger partial charge in [-0.3, -0.25) is 9.38 Å². The van der Waals surface area contributed by atoms with E-state index in [1.807, 2.05) is 27.0 Å². The van der Waals surface area contributed by atoms with E-state index in [0.29, 0.717) is 11.8 Å². The zero-order valence-electron chi connectivity index (χ0n) is 20.7. The molecule has 1 aliphatic carbocycles. The van der Waals surface area contributed by atoms with E-state index in [1.54, 1.807) is 0 Å². The molecular formula is C26H38N4O3. The summed E-state index contributed by atoms with van der Waals surface area (Å²) in [7, 11) is 0. The number of aromatic nitrogens is 3. The second-order valence-corrected chi connectivity index (χ2v) is 10.4. The summed E-state index contributed by atoms with van der Waals surface area (Å²) in [6.07, 6.45) is 12.0. The molecule has 2 fully saturated rings. The summed E-state index contributed by atoms with van der Waals surface area (Å²) >= 11 is 0. The smallest absolute Gasteiger partial charge is 0.407 e. The van der Waals surface area contributed by atoms with Crippen molar-refractivity contribution in [3.05, 3.63) is 35.6 Å².